The number of benzene rings is 1. The van der Waals surface area contributed by atoms with Crippen molar-refractivity contribution >= 4 is 11.6 Å². The molecule has 8 heteroatoms. The summed E-state index contributed by atoms with van der Waals surface area (Å²) in [5.41, 5.74) is 1.26. The minimum absolute atomic E-state index is 0.00335. The Bertz CT molecular complexity index is 1110. The van der Waals surface area contributed by atoms with E-state index >= 15 is 0 Å². The molecule has 0 radical (unpaired) electrons. The van der Waals surface area contributed by atoms with Crippen molar-refractivity contribution in [2.45, 2.75) is 26.1 Å². The summed E-state index contributed by atoms with van der Waals surface area (Å²) in [4.78, 5) is 16.2. The van der Waals surface area contributed by atoms with Crippen molar-refractivity contribution < 1.29 is 22.7 Å². The number of rotatable bonds is 5. The molecule has 156 valence electrons. The first-order valence-corrected chi connectivity index (χ1v) is 9.35. The molecule has 0 aliphatic carbocycles. The molecule has 0 saturated carbocycles. The number of esters is 1. The summed E-state index contributed by atoms with van der Waals surface area (Å²) in [7, 11) is 0. The van der Waals surface area contributed by atoms with Gasteiger partial charge in [0.2, 0.25) is 0 Å². The number of ether oxygens (including phenoxy) is 1. The van der Waals surface area contributed by atoms with Gasteiger partial charge in [-0.1, -0.05) is 18.1 Å². The average molecular weight is 415 g/mol. The Hall–Kier alpha value is -3.31. The number of alkyl halides is 3. The second kappa shape index (κ2) is 9.01. The van der Waals surface area contributed by atoms with Crippen LogP contribution in [0.5, 0.6) is 0 Å². The Balaban J connectivity index is 1.95. The van der Waals surface area contributed by atoms with Crippen LogP contribution in [-0.2, 0) is 15.7 Å². The lowest BCUT2D eigenvalue weighted by molar-refractivity contribution is -0.142. The molecule has 0 bridgehead atoms. The number of aromatic nitrogens is 2. The molecule has 2 aromatic heterocycles. The molecule has 1 N–H and O–H groups in total. The van der Waals surface area contributed by atoms with Crippen molar-refractivity contribution in [3.63, 3.8) is 0 Å². The molecule has 30 heavy (non-hydrogen) atoms. The third kappa shape index (κ3) is 4.99. The van der Waals surface area contributed by atoms with Gasteiger partial charge in [-0.3, -0.25) is 14.5 Å². The first-order valence-electron chi connectivity index (χ1n) is 9.35. The molecule has 0 spiro atoms. The van der Waals surface area contributed by atoms with Gasteiger partial charge in [0.1, 0.15) is 11.3 Å². The summed E-state index contributed by atoms with van der Waals surface area (Å²) in [5.74, 6) is 5.37. The van der Waals surface area contributed by atoms with E-state index in [1.165, 1.54) is 12.1 Å². The van der Waals surface area contributed by atoms with Crippen LogP contribution in [0.4, 0.5) is 13.2 Å². The van der Waals surface area contributed by atoms with E-state index in [1.807, 2.05) is 19.1 Å². The largest absolute Gasteiger partial charge is 0.465 e. The van der Waals surface area contributed by atoms with E-state index in [1.54, 1.807) is 23.6 Å². The highest BCUT2D eigenvalue weighted by Gasteiger charge is 2.30. The molecule has 0 amide bonds. The van der Waals surface area contributed by atoms with Gasteiger partial charge in [-0.15, -0.1) is 0 Å². The maximum atomic E-state index is 13.0. The number of fused-ring (bicyclic) bond motifs is 1. The summed E-state index contributed by atoms with van der Waals surface area (Å²) in [6, 6.07) is 9.97. The van der Waals surface area contributed by atoms with Gasteiger partial charge in [0.05, 0.1) is 24.4 Å². The third-order valence-corrected chi connectivity index (χ3v) is 4.34. The first-order chi connectivity index (χ1) is 14.3. The van der Waals surface area contributed by atoms with Gasteiger partial charge in [0.25, 0.3) is 0 Å². The number of carbonyl (C=O) groups is 1. The number of hydrogen-bond acceptors (Lipinski definition) is 4. The molecular weight excluding hydrogens is 395 g/mol. The van der Waals surface area contributed by atoms with Crippen LogP contribution < -0.4 is 5.32 Å². The summed E-state index contributed by atoms with van der Waals surface area (Å²) in [6.07, 6.45) is -2.66. The lowest BCUT2D eigenvalue weighted by atomic mass is 10.1. The zero-order valence-corrected chi connectivity index (χ0v) is 16.5. The molecule has 0 fully saturated rings. The van der Waals surface area contributed by atoms with E-state index in [2.05, 4.69) is 22.1 Å². The highest BCUT2D eigenvalue weighted by molar-refractivity contribution is 5.71. The van der Waals surface area contributed by atoms with Gasteiger partial charge < -0.3 is 4.74 Å². The number of imidazole rings is 1. The molecule has 1 atom stereocenters. The van der Waals surface area contributed by atoms with Crippen molar-refractivity contribution in [3.05, 3.63) is 71.2 Å². The second-order valence-electron chi connectivity index (χ2n) is 6.51. The van der Waals surface area contributed by atoms with Crippen LogP contribution >= 0.6 is 0 Å². The van der Waals surface area contributed by atoms with Crippen molar-refractivity contribution in [1.29, 1.82) is 0 Å². The van der Waals surface area contributed by atoms with Crippen molar-refractivity contribution in [1.82, 2.24) is 14.7 Å². The van der Waals surface area contributed by atoms with E-state index in [0.717, 1.165) is 12.1 Å². The Labute approximate surface area is 171 Å². The smallest absolute Gasteiger partial charge is 0.416 e. The summed E-state index contributed by atoms with van der Waals surface area (Å²) >= 11 is 0. The molecule has 3 aromatic rings. The number of halogens is 3. The van der Waals surface area contributed by atoms with Crippen LogP contribution in [0.25, 0.3) is 5.65 Å². The topological polar surface area (TPSA) is 55.6 Å². The minimum Gasteiger partial charge on any atom is -0.465 e. The first kappa shape index (κ1) is 21.4. The molecular formula is C22H20F3N3O2. The van der Waals surface area contributed by atoms with Crippen molar-refractivity contribution in [3.8, 4) is 11.8 Å². The molecule has 0 aliphatic rings. The highest BCUT2D eigenvalue weighted by Crippen LogP contribution is 2.29. The van der Waals surface area contributed by atoms with E-state index in [9.17, 15) is 18.0 Å². The van der Waals surface area contributed by atoms with Crippen molar-refractivity contribution in [2.75, 3.05) is 13.2 Å². The Morgan fingerprint density at radius 2 is 2.03 bits per heavy atom. The lowest BCUT2D eigenvalue weighted by Gasteiger charge is -2.11. The summed E-state index contributed by atoms with van der Waals surface area (Å²) in [5, 5.41) is 3.05. The normalized spacial score (nSPS) is 12.3. The predicted octanol–water partition coefficient (Wildman–Crippen LogP) is 3.97. The fraction of sp³-hybridized carbons (Fsp3) is 0.273. The van der Waals surface area contributed by atoms with Crippen LogP contribution in [0.2, 0.25) is 0 Å². The summed E-state index contributed by atoms with van der Waals surface area (Å²) < 4.78 is 45.5. The molecule has 3 rings (SSSR count). The molecule has 0 aliphatic heterocycles. The average Bonchev–Trinajstić information content (AvgIpc) is 3.09. The molecule has 1 aromatic carbocycles. The van der Waals surface area contributed by atoms with Crippen LogP contribution in [0.15, 0.2) is 48.7 Å². The van der Waals surface area contributed by atoms with Gasteiger partial charge >= 0.3 is 12.1 Å². The number of nitrogens with one attached hydrogen (secondary N) is 1. The van der Waals surface area contributed by atoms with Crippen LogP contribution in [0.3, 0.4) is 0 Å². The quantitative estimate of drug-likeness (QED) is 0.506. The molecule has 1 unspecified atom stereocenters. The van der Waals surface area contributed by atoms with Crippen LogP contribution in [-0.4, -0.2) is 28.5 Å². The maximum absolute atomic E-state index is 13.0. The van der Waals surface area contributed by atoms with E-state index in [0.29, 0.717) is 17.0 Å². The van der Waals surface area contributed by atoms with Gasteiger partial charge in [-0.2, -0.15) is 13.2 Å². The van der Waals surface area contributed by atoms with E-state index < -0.39 is 11.7 Å². The van der Waals surface area contributed by atoms with Crippen LogP contribution in [0.1, 0.15) is 42.4 Å². The fourth-order valence-electron chi connectivity index (χ4n) is 2.89. The predicted molar refractivity (Wildman–Crippen MR) is 106 cm³/mol. The Morgan fingerprint density at radius 3 is 2.77 bits per heavy atom. The lowest BCUT2D eigenvalue weighted by Crippen LogP contribution is -2.28. The number of pyridine rings is 1. The van der Waals surface area contributed by atoms with E-state index in [-0.39, 0.29) is 30.7 Å². The number of hydrogen-bond donors (Lipinski definition) is 1. The fourth-order valence-corrected chi connectivity index (χ4v) is 2.89. The van der Waals surface area contributed by atoms with E-state index in [4.69, 9.17) is 4.74 Å². The zero-order chi connectivity index (χ0) is 21.7. The highest BCUT2D eigenvalue weighted by atomic mass is 19.4. The molecule has 2 heterocycles. The van der Waals surface area contributed by atoms with Gasteiger partial charge in [0.15, 0.2) is 0 Å². The molecule has 0 saturated heterocycles. The standard InChI is InChI=1S/C22H20F3N3O2/c1-3-30-20(29)14-26-15(2)21-18(28-12-5-4-9-19(28)27-21)11-10-16-7-6-8-17(13-16)22(23,24)25/h4-9,12-13,15,26H,3,14H2,1-2H3. The zero-order valence-electron chi connectivity index (χ0n) is 16.5. The Kier molecular flexibility index (Phi) is 6.43. The van der Waals surface area contributed by atoms with Gasteiger partial charge in [-0.25, -0.2) is 4.98 Å². The van der Waals surface area contributed by atoms with Gasteiger partial charge in [0, 0.05) is 17.8 Å². The monoisotopic (exact) mass is 415 g/mol. The summed E-state index contributed by atoms with van der Waals surface area (Å²) in [6.45, 7) is 3.85. The van der Waals surface area contributed by atoms with Gasteiger partial charge in [-0.05, 0) is 50.1 Å². The number of carbonyl (C=O) groups excluding carboxylic acids is 1. The number of nitrogens with zero attached hydrogens (tertiary/aromatic N) is 2. The van der Waals surface area contributed by atoms with Crippen LogP contribution in [0, 0.1) is 11.8 Å². The third-order valence-electron chi connectivity index (χ3n) is 4.34. The second-order valence-corrected chi connectivity index (χ2v) is 6.51. The maximum Gasteiger partial charge on any atom is 0.416 e. The minimum atomic E-state index is -4.43. The van der Waals surface area contributed by atoms with Crippen molar-refractivity contribution in [2.24, 2.45) is 0 Å². The SMILES string of the molecule is CCOC(=O)CNC(C)c1nc2ccccn2c1C#Cc1cccc(C(F)(F)F)c1. The molecule has 5 nitrogen and oxygen atoms in total. The Morgan fingerprint density at radius 1 is 1.23 bits per heavy atom.